The number of piperazine rings is 1. The minimum absolute atomic E-state index is 0.0503. The number of carbonyl (C=O) groups is 1. The number of rotatable bonds is 2. The average Bonchev–Trinajstić information content (AvgIpc) is 2.28. The van der Waals surface area contributed by atoms with Gasteiger partial charge in [0.2, 0.25) is 5.91 Å². The fourth-order valence-corrected chi connectivity index (χ4v) is 2.43. The fraction of sp³-hybridized carbons (Fsp3) is 0.462. The molecular weight excluding hydrogens is 214 g/mol. The van der Waals surface area contributed by atoms with Gasteiger partial charge in [-0.1, -0.05) is 18.2 Å². The quantitative estimate of drug-likeness (QED) is 0.785. The number of para-hydroxylation sites is 1. The first-order valence-electron chi connectivity index (χ1n) is 5.92. The molecule has 1 amide bonds. The zero-order valence-electron chi connectivity index (χ0n) is 10.4. The van der Waals surface area contributed by atoms with E-state index in [0.29, 0.717) is 13.1 Å². The van der Waals surface area contributed by atoms with Crippen molar-refractivity contribution in [3.05, 3.63) is 29.3 Å². The molecule has 0 bridgehead atoms. The van der Waals surface area contributed by atoms with Crippen LogP contribution in [0.15, 0.2) is 18.2 Å². The number of hydrogen-bond acceptors (Lipinski definition) is 3. The molecule has 1 aliphatic rings. The van der Waals surface area contributed by atoms with Gasteiger partial charge in [0.05, 0.1) is 12.6 Å². The van der Waals surface area contributed by atoms with E-state index in [-0.39, 0.29) is 11.9 Å². The minimum atomic E-state index is 0.0503. The van der Waals surface area contributed by atoms with Crippen LogP contribution >= 0.6 is 0 Å². The number of hydrogen-bond donors (Lipinski definition) is 2. The number of carbonyl (C=O) groups excluding carboxylic acids is 1. The lowest BCUT2D eigenvalue weighted by Crippen LogP contribution is -2.57. The average molecular weight is 233 g/mol. The molecule has 1 heterocycles. The van der Waals surface area contributed by atoms with Crippen molar-refractivity contribution in [2.45, 2.75) is 19.9 Å². The first-order valence-corrected chi connectivity index (χ1v) is 5.92. The lowest BCUT2D eigenvalue weighted by atomic mass is 10.1. The van der Waals surface area contributed by atoms with Gasteiger partial charge in [0, 0.05) is 18.8 Å². The van der Waals surface area contributed by atoms with Crippen molar-refractivity contribution in [3.8, 4) is 0 Å². The highest BCUT2D eigenvalue weighted by Gasteiger charge is 2.25. The predicted molar refractivity (Wildman–Crippen MR) is 69.1 cm³/mol. The van der Waals surface area contributed by atoms with Gasteiger partial charge in [0.15, 0.2) is 0 Å². The molecule has 0 saturated carbocycles. The molecule has 1 fully saturated rings. The van der Waals surface area contributed by atoms with Crippen molar-refractivity contribution in [3.63, 3.8) is 0 Å². The van der Waals surface area contributed by atoms with Crippen LogP contribution < -0.4 is 16.0 Å². The summed E-state index contributed by atoms with van der Waals surface area (Å²) in [5.74, 6) is 0.0503. The summed E-state index contributed by atoms with van der Waals surface area (Å²) in [4.78, 5) is 13.8. The predicted octanol–water partition coefficient (Wildman–Crippen LogP) is 0.567. The van der Waals surface area contributed by atoms with Crippen LogP contribution in [0.1, 0.15) is 11.1 Å². The standard InChI is InChI=1S/C13H19N3O/c1-9-4-3-5-10(2)13(9)16-7-11(6-14)15-12(17)8-16/h3-5,11H,6-8,14H2,1-2H3,(H,15,17). The van der Waals surface area contributed by atoms with Gasteiger partial charge in [0.25, 0.3) is 0 Å². The molecular formula is C13H19N3O. The van der Waals surface area contributed by atoms with Crippen molar-refractivity contribution < 1.29 is 4.79 Å². The van der Waals surface area contributed by atoms with Crippen LogP contribution in [0.25, 0.3) is 0 Å². The molecule has 1 unspecified atom stereocenters. The van der Waals surface area contributed by atoms with Gasteiger partial charge in [-0.15, -0.1) is 0 Å². The van der Waals surface area contributed by atoms with Gasteiger partial charge in [-0.3, -0.25) is 4.79 Å². The summed E-state index contributed by atoms with van der Waals surface area (Å²) in [6.07, 6.45) is 0. The number of benzene rings is 1. The second-order valence-corrected chi connectivity index (χ2v) is 4.62. The van der Waals surface area contributed by atoms with E-state index < -0.39 is 0 Å². The van der Waals surface area contributed by atoms with Gasteiger partial charge < -0.3 is 16.0 Å². The molecule has 0 radical (unpaired) electrons. The molecule has 4 nitrogen and oxygen atoms in total. The van der Waals surface area contributed by atoms with Crippen LogP contribution in [0.3, 0.4) is 0 Å². The maximum atomic E-state index is 11.6. The second-order valence-electron chi connectivity index (χ2n) is 4.62. The van der Waals surface area contributed by atoms with Crippen molar-refractivity contribution in [2.24, 2.45) is 5.73 Å². The Morgan fingerprint density at radius 3 is 2.65 bits per heavy atom. The molecule has 4 heteroatoms. The number of nitrogens with zero attached hydrogens (tertiary/aromatic N) is 1. The Kier molecular flexibility index (Phi) is 3.33. The maximum absolute atomic E-state index is 11.6. The molecule has 0 aliphatic carbocycles. The van der Waals surface area contributed by atoms with Crippen LogP contribution in [-0.4, -0.2) is 31.6 Å². The normalized spacial score (nSPS) is 20.3. The highest BCUT2D eigenvalue weighted by atomic mass is 16.2. The molecule has 1 saturated heterocycles. The van der Waals surface area contributed by atoms with Crippen LogP contribution in [0.4, 0.5) is 5.69 Å². The first kappa shape index (κ1) is 11.9. The highest BCUT2D eigenvalue weighted by Crippen LogP contribution is 2.25. The molecule has 2 rings (SSSR count). The van der Waals surface area contributed by atoms with E-state index in [1.165, 1.54) is 16.8 Å². The topological polar surface area (TPSA) is 58.4 Å². The molecule has 0 spiro atoms. The Labute approximate surface area is 102 Å². The molecule has 0 aromatic heterocycles. The summed E-state index contributed by atoms with van der Waals surface area (Å²) in [5.41, 5.74) is 9.22. The third-order valence-corrected chi connectivity index (χ3v) is 3.18. The molecule has 3 N–H and O–H groups in total. The summed E-state index contributed by atoms with van der Waals surface area (Å²) >= 11 is 0. The SMILES string of the molecule is Cc1cccc(C)c1N1CC(=O)NC(CN)C1. The smallest absolute Gasteiger partial charge is 0.239 e. The van der Waals surface area contributed by atoms with Gasteiger partial charge in [-0.25, -0.2) is 0 Å². The summed E-state index contributed by atoms with van der Waals surface area (Å²) < 4.78 is 0. The maximum Gasteiger partial charge on any atom is 0.239 e. The van der Waals surface area contributed by atoms with Crippen LogP contribution in [0, 0.1) is 13.8 Å². The van der Waals surface area contributed by atoms with E-state index in [0.717, 1.165) is 6.54 Å². The number of anilines is 1. The van der Waals surface area contributed by atoms with Gasteiger partial charge in [-0.2, -0.15) is 0 Å². The molecule has 92 valence electrons. The van der Waals surface area contributed by atoms with Gasteiger partial charge in [-0.05, 0) is 25.0 Å². The van der Waals surface area contributed by atoms with E-state index in [9.17, 15) is 4.79 Å². The summed E-state index contributed by atoms with van der Waals surface area (Å²) in [7, 11) is 0. The first-order chi connectivity index (χ1) is 8.11. The Bertz CT molecular complexity index is 410. The molecule has 1 aromatic carbocycles. The minimum Gasteiger partial charge on any atom is -0.360 e. The number of nitrogens with one attached hydrogen (secondary N) is 1. The largest absolute Gasteiger partial charge is 0.360 e. The van der Waals surface area contributed by atoms with E-state index >= 15 is 0 Å². The van der Waals surface area contributed by atoms with Gasteiger partial charge >= 0.3 is 0 Å². The van der Waals surface area contributed by atoms with Crippen LogP contribution in [0.2, 0.25) is 0 Å². The van der Waals surface area contributed by atoms with Crippen molar-refractivity contribution in [2.75, 3.05) is 24.5 Å². The van der Waals surface area contributed by atoms with Crippen molar-refractivity contribution in [1.29, 1.82) is 0 Å². The molecule has 17 heavy (non-hydrogen) atoms. The highest BCUT2D eigenvalue weighted by molar-refractivity contribution is 5.84. The Balaban J connectivity index is 2.30. The Hall–Kier alpha value is -1.55. The van der Waals surface area contributed by atoms with E-state index in [4.69, 9.17) is 5.73 Å². The third-order valence-electron chi connectivity index (χ3n) is 3.18. The van der Waals surface area contributed by atoms with E-state index in [1.54, 1.807) is 0 Å². The number of nitrogens with two attached hydrogens (primary N) is 1. The molecule has 1 atom stereocenters. The third kappa shape index (κ3) is 2.42. The number of amides is 1. The summed E-state index contributed by atoms with van der Waals surface area (Å²) in [5, 5.41) is 2.90. The Morgan fingerprint density at radius 2 is 2.06 bits per heavy atom. The van der Waals surface area contributed by atoms with Crippen molar-refractivity contribution in [1.82, 2.24) is 5.32 Å². The summed E-state index contributed by atoms with van der Waals surface area (Å²) in [6.45, 7) is 5.84. The van der Waals surface area contributed by atoms with Crippen LogP contribution in [-0.2, 0) is 4.79 Å². The zero-order chi connectivity index (χ0) is 12.4. The van der Waals surface area contributed by atoms with Crippen molar-refractivity contribution >= 4 is 11.6 Å². The second kappa shape index (κ2) is 4.75. The van der Waals surface area contributed by atoms with Gasteiger partial charge in [0.1, 0.15) is 0 Å². The lowest BCUT2D eigenvalue weighted by Gasteiger charge is -2.35. The zero-order valence-corrected chi connectivity index (χ0v) is 10.4. The summed E-state index contributed by atoms with van der Waals surface area (Å²) in [6, 6.07) is 6.24. The molecule has 1 aliphatic heterocycles. The van der Waals surface area contributed by atoms with E-state index in [2.05, 4.69) is 36.2 Å². The lowest BCUT2D eigenvalue weighted by molar-refractivity contribution is -0.121. The number of aryl methyl sites for hydroxylation is 2. The molecule has 1 aromatic rings. The fourth-order valence-electron chi connectivity index (χ4n) is 2.43. The van der Waals surface area contributed by atoms with Crippen LogP contribution in [0.5, 0.6) is 0 Å². The Morgan fingerprint density at radius 1 is 1.41 bits per heavy atom. The monoisotopic (exact) mass is 233 g/mol. The van der Waals surface area contributed by atoms with E-state index in [1.807, 2.05) is 6.07 Å².